The van der Waals surface area contributed by atoms with Crippen LogP contribution < -0.4 is 15.5 Å². The quantitative estimate of drug-likeness (QED) is 0.595. The van der Waals surface area contributed by atoms with Gasteiger partial charge in [0.05, 0.1) is 29.8 Å². The highest BCUT2D eigenvalue weighted by Gasteiger charge is 2.46. The zero-order valence-electron chi connectivity index (χ0n) is 17.7. The van der Waals surface area contributed by atoms with Crippen LogP contribution in [0.15, 0.2) is 28.8 Å². The first kappa shape index (κ1) is 21.1. The van der Waals surface area contributed by atoms with Gasteiger partial charge in [-0.2, -0.15) is 4.98 Å². The molecule has 2 unspecified atom stereocenters. The highest BCUT2D eigenvalue weighted by Crippen LogP contribution is 2.44. The first-order valence-corrected chi connectivity index (χ1v) is 11.0. The van der Waals surface area contributed by atoms with Crippen molar-refractivity contribution in [2.24, 2.45) is 0 Å². The Hall–Kier alpha value is -3.74. The van der Waals surface area contributed by atoms with Crippen LogP contribution in [0.3, 0.4) is 0 Å². The van der Waals surface area contributed by atoms with E-state index >= 15 is 0 Å². The number of thiazole rings is 1. The van der Waals surface area contributed by atoms with Crippen molar-refractivity contribution in [3.63, 3.8) is 0 Å². The lowest BCUT2D eigenvalue weighted by Crippen LogP contribution is -2.59. The van der Waals surface area contributed by atoms with E-state index < -0.39 is 6.09 Å². The Kier molecular flexibility index (Phi) is 5.32. The van der Waals surface area contributed by atoms with Crippen LogP contribution in [0.2, 0.25) is 0 Å². The first-order chi connectivity index (χ1) is 16.0. The number of aromatic nitrogens is 3. The average Bonchev–Trinajstić information content (AvgIpc) is 3.45. The number of methoxy groups -OCH3 is 1. The van der Waals surface area contributed by atoms with Gasteiger partial charge in [0, 0.05) is 32.1 Å². The third kappa shape index (κ3) is 3.84. The Bertz CT molecular complexity index is 1200. The standard InChI is InChI=1S/C20H20FN7O4S/c1-22-17(29)25-18-23-13-7-12-8-27(20(30)31-2)9-14(15(13)33-18)28(12)19-24-16(26-32-19)10-3-5-11(21)6-4-10/h3-6,12,14H,7-9H2,1-2H3,(H2,22,23,25,29). The van der Waals surface area contributed by atoms with Gasteiger partial charge in [-0.05, 0) is 24.3 Å². The molecule has 2 atom stereocenters. The number of rotatable bonds is 3. The summed E-state index contributed by atoms with van der Waals surface area (Å²) in [5.41, 5.74) is 1.49. The second-order valence-electron chi connectivity index (χ2n) is 7.60. The van der Waals surface area contributed by atoms with Gasteiger partial charge in [-0.15, -0.1) is 0 Å². The predicted molar refractivity (Wildman–Crippen MR) is 117 cm³/mol. The highest BCUT2D eigenvalue weighted by atomic mass is 32.1. The third-order valence-electron chi connectivity index (χ3n) is 5.63. The molecule has 2 aromatic heterocycles. The number of urea groups is 1. The van der Waals surface area contributed by atoms with Gasteiger partial charge < -0.3 is 24.4 Å². The normalized spacial score (nSPS) is 19.1. The fraction of sp³-hybridized carbons (Fsp3) is 0.350. The molecular formula is C20H20FN7O4S. The van der Waals surface area contributed by atoms with Gasteiger partial charge in [0.15, 0.2) is 5.13 Å². The fourth-order valence-electron chi connectivity index (χ4n) is 4.15. The number of piperazine rings is 1. The molecule has 2 bridgehead atoms. The van der Waals surface area contributed by atoms with Crippen LogP contribution in [0.5, 0.6) is 0 Å². The molecule has 2 aliphatic rings. The molecule has 172 valence electrons. The summed E-state index contributed by atoms with van der Waals surface area (Å²) >= 11 is 1.34. The minimum atomic E-state index is -0.418. The molecule has 0 radical (unpaired) electrons. The molecule has 13 heteroatoms. The van der Waals surface area contributed by atoms with E-state index in [-0.39, 0.29) is 23.9 Å². The van der Waals surface area contributed by atoms with Gasteiger partial charge in [0.2, 0.25) is 5.82 Å². The number of nitrogens with one attached hydrogen (secondary N) is 2. The SMILES string of the molecule is CNC(=O)Nc1nc2c(s1)C1CN(C(=O)OC)CC(C2)N1c1nc(-c2ccc(F)cc2)no1. The summed E-state index contributed by atoms with van der Waals surface area (Å²) in [5, 5.41) is 9.75. The number of fused-ring (bicyclic) bond motifs is 4. The number of hydrogen-bond acceptors (Lipinski definition) is 9. The molecule has 11 nitrogen and oxygen atoms in total. The number of benzene rings is 1. The van der Waals surface area contributed by atoms with Crippen LogP contribution in [-0.2, 0) is 11.2 Å². The molecule has 33 heavy (non-hydrogen) atoms. The largest absolute Gasteiger partial charge is 0.453 e. The molecule has 0 aliphatic carbocycles. The molecular weight excluding hydrogens is 453 g/mol. The average molecular weight is 473 g/mol. The highest BCUT2D eigenvalue weighted by molar-refractivity contribution is 7.16. The number of hydrogen-bond donors (Lipinski definition) is 2. The van der Waals surface area contributed by atoms with E-state index in [0.717, 1.165) is 10.6 Å². The van der Waals surface area contributed by atoms with Gasteiger partial charge >= 0.3 is 18.1 Å². The molecule has 0 spiro atoms. The summed E-state index contributed by atoms with van der Waals surface area (Å²) < 4.78 is 23.8. The molecule has 5 rings (SSSR count). The van der Waals surface area contributed by atoms with Crippen LogP contribution in [0.4, 0.5) is 25.1 Å². The van der Waals surface area contributed by atoms with Gasteiger partial charge in [-0.3, -0.25) is 5.32 Å². The van der Waals surface area contributed by atoms with Gasteiger partial charge in [-0.25, -0.2) is 19.0 Å². The van der Waals surface area contributed by atoms with Crippen LogP contribution in [0.1, 0.15) is 16.6 Å². The van der Waals surface area contributed by atoms with Crippen molar-refractivity contribution < 1.29 is 23.2 Å². The Labute approximate surface area is 191 Å². The van der Waals surface area contributed by atoms with Crippen LogP contribution in [-0.4, -0.2) is 65.4 Å². The van der Waals surface area contributed by atoms with E-state index in [0.29, 0.717) is 42.0 Å². The van der Waals surface area contributed by atoms with Gasteiger partial charge in [-0.1, -0.05) is 16.5 Å². The summed E-state index contributed by atoms with van der Waals surface area (Å²) in [7, 11) is 2.88. The number of halogens is 1. The van der Waals surface area contributed by atoms with Gasteiger partial charge in [0.25, 0.3) is 0 Å². The molecule has 2 aliphatic heterocycles. The maximum absolute atomic E-state index is 13.3. The van der Waals surface area contributed by atoms with Crippen molar-refractivity contribution >= 4 is 34.6 Å². The Morgan fingerprint density at radius 2 is 2.03 bits per heavy atom. The van der Waals surface area contributed by atoms with E-state index in [1.807, 2.05) is 4.90 Å². The minimum absolute atomic E-state index is 0.188. The number of carbonyl (C=O) groups excluding carboxylic acids is 2. The smallest absolute Gasteiger partial charge is 0.409 e. The Balaban J connectivity index is 1.50. The third-order valence-corrected chi connectivity index (χ3v) is 6.75. The summed E-state index contributed by atoms with van der Waals surface area (Å²) in [4.78, 5) is 37.7. The number of anilines is 2. The summed E-state index contributed by atoms with van der Waals surface area (Å²) in [5.74, 6) is -0.0141. The molecule has 2 N–H and O–H groups in total. The predicted octanol–water partition coefficient (Wildman–Crippen LogP) is 2.64. The maximum atomic E-state index is 13.3. The zero-order valence-corrected chi connectivity index (χ0v) is 18.6. The second kappa shape index (κ2) is 8.31. The molecule has 1 saturated heterocycles. The van der Waals surface area contributed by atoms with Crippen LogP contribution >= 0.6 is 11.3 Å². The number of ether oxygens (including phenoxy) is 1. The van der Waals surface area contributed by atoms with Crippen molar-refractivity contribution in [2.75, 3.05) is 37.5 Å². The number of amides is 3. The molecule has 1 fully saturated rings. The van der Waals surface area contributed by atoms with E-state index in [1.54, 1.807) is 17.0 Å². The fourth-order valence-corrected chi connectivity index (χ4v) is 5.23. The lowest BCUT2D eigenvalue weighted by atomic mass is 9.94. The van der Waals surface area contributed by atoms with Crippen LogP contribution in [0.25, 0.3) is 11.4 Å². The second-order valence-corrected chi connectivity index (χ2v) is 8.63. The van der Waals surface area contributed by atoms with E-state index in [2.05, 4.69) is 25.8 Å². The molecule has 3 aromatic rings. The first-order valence-electron chi connectivity index (χ1n) is 10.2. The number of nitrogens with zero attached hydrogens (tertiary/aromatic N) is 5. The minimum Gasteiger partial charge on any atom is -0.453 e. The summed E-state index contributed by atoms with van der Waals surface area (Å²) in [6.45, 7) is 0.707. The van der Waals surface area contributed by atoms with E-state index in [9.17, 15) is 14.0 Å². The van der Waals surface area contributed by atoms with Crippen molar-refractivity contribution in [1.82, 2.24) is 25.3 Å². The van der Waals surface area contributed by atoms with Crippen molar-refractivity contribution in [3.8, 4) is 11.4 Å². The van der Waals surface area contributed by atoms with Crippen LogP contribution in [0, 0.1) is 5.82 Å². The Morgan fingerprint density at radius 1 is 1.24 bits per heavy atom. The van der Waals surface area contributed by atoms with Gasteiger partial charge in [0.1, 0.15) is 5.82 Å². The molecule has 3 amide bonds. The summed E-state index contributed by atoms with van der Waals surface area (Å²) in [6.07, 6.45) is 0.0957. The van der Waals surface area contributed by atoms with E-state index in [1.165, 1.54) is 37.6 Å². The summed E-state index contributed by atoms with van der Waals surface area (Å²) in [6, 6.07) is 5.26. The maximum Gasteiger partial charge on any atom is 0.409 e. The van der Waals surface area contributed by atoms with E-state index in [4.69, 9.17) is 9.26 Å². The topological polar surface area (TPSA) is 126 Å². The van der Waals surface area contributed by atoms with Crippen molar-refractivity contribution in [2.45, 2.75) is 18.5 Å². The number of carbonyl (C=O) groups is 2. The lowest BCUT2D eigenvalue weighted by molar-refractivity contribution is 0.102. The van der Waals surface area contributed by atoms with Crippen molar-refractivity contribution in [1.29, 1.82) is 0 Å². The molecule has 4 heterocycles. The molecule has 0 saturated carbocycles. The molecule has 1 aromatic carbocycles. The van der Waals surface area contributed by atoms with Crippen molar-refractivity contribution in [3.05, 3.63) is 40.7 Å². The Morgan fingerprint density at radius 3 is 2.76 bits per heavy atom. The monoisotopic (exact) mass is 473 g/mol. The lowest BCUT2D eigenvalue weighted by Gasteiger charge is -2.47. The zero-order chi connectivity index (χ0) is 23.1.